The number of esters is 3. The molecule has 0 spiro atoms. The van der Waals surface area contributed by atoms with Crippen molar-refractivity contribution in [1.29, 1.82) is 0 Å². The number of rotatable bonds is 37. The van der Waals surface area contributed by atoms with Crippen LogP contribution in [0.2, 0.25) is 0 Å². The fraction of sp³-hybridized carbons (Fsp3) is 0.929. The monoisotopic (exact) mass is 681 g/mol. The van der Waals surface area contributed by atoms with Crippen LogP contribution in [0.4, 0.5) is 0 Å². The van der Waals surface area contributed by atoms with Crippen LogP contribution in [-0.4, -0.2) is 37.2 Å². The normalized spacial score (nSPS) is 11.9. The Labute approximate surface area is 298 Å². The zero-order valence-corrected chi connectivity index (χ0v) is 32.4. The van der Waals surface area contributed by atoms with Crippen LogP contribution in [0.1, 0.15) is 227 Å². The highest BCUT2D eigenvalue weighted by molar-refractivity contribution is 5.71. The van der Waals surface area contributed by atoms with Crippen molar-refractivity contribution in [2.75, 3.05) is 13.2 Å². The predicted octanol–water partition coefficient (Wildman–Crippen LogP) is 12.8. The van der Waals surface area contributed by atoms with Crippen molar-refractivity contribution in [3.05, 3.63) is 0 Å². The molecule has 6 nitrogen and oxygen atoms in total. The summed E-state index contributed by atoms with van der Waals surface area (Å²) in [6, 6.07) is 0. The highest BCUT2D eigenvalue weighted by Gasteiger charge is 2.19. The molecule has 48 heavy (non-hydrogen) atoms. The summed E-state index contributed by atoms with van der Waals surface area (Å²) in [6.07, 6.45) is 34.0. The van der Waals surface area contributed by atoms with Crippen molar-refractivity contribution in [2.45, 2.75) is 233 Å². The van der Waals surface area contributed by atoms with E-state index in [-0.39, 0.29) is 31.1 Å². The van der Waals surface area contributed by atoms with Gasteiger partial charge in [0.25, 0.3) is 0 Å². The fourth-order valence-electron chi connectivity index (χ4n) is 6.10. The summed E-state index contributed by atoms with van der Waals surface area (Å²) in [5.74, 6) is -0.0415. The third kappa shape index (κ3) is 35.7. The molecule has 0 bridgehead atoms. The topological polar surface area (TPSA) is 78.9 Å². The maximum atomic E-state index is 12.5. The van der Waals surface area contributed by atoms with Gasteiger partial charge in [0.05, 0.1) is 0 Å². The summed E-state index contributed by atoms with van der Waals surface area (Å²) in [6.45, 7) is 8.89. The molecule has 0 aliphatic rings. The molecule has 0 radical (unpaired) electrons. The molecule has 0 aromatic heterocycles. The highest BCUT2D eigenvalue weighted by Crippen LogP contribution is 2.15. The SMILES string of the molecule is CCCCCCCCCCCCC(=O)OC[C@@H](COC(=O)CCCCCCCCCCCCCCC(C)C)OC(=O)CCCCCCC. The lowest BCUT2D eigenvalue weighted by Gasteiger charge is -2.18. The van der Waals surface area contributed by atoms with E-state index in [1.54, 1.807) is 0 Å². The largest absolute Gasteiger partial charge is 0.462 e. The quantitative estimate of drug-likeness (QED) is 0.0369. The number of ether oxygens (including phenoxy) is 3. The number of hydrogen-bond donors (Lipinski definition) is 0. The average Bonchev–Trinajstić information content (AvgIpc) is 3.06. The molecule has 1 atom stereocenters. The molecule has 6 heteroatoms. The van der Waals surface area contributed by atoms with Crippen molar-refractivity contribution in [1.82, 2.24) is 0 Å². The van der Waals surface area contributed by atoms with Crippen molar-refractivity contribution in [3.63, 3.8) is 0 Å². The Bertz CT molecular complexity index is 721. The molecule has 0 aliphatic carbocycles. The molecule has 0 saturated heterocycles. The first-order valence-electron chi connectivity index (χ1n) is 20.9. The van der Waals surface area contributed by atoms with Crippen LogP contribution in [0.5, 0.6) is 0 Å². The van der Waals surface area contributed by atoms with Gasteiger partial charge in [-0.05, 0) is 25.2 Å². The highest BCUT2D eigenvalue weighted by atomic mass is 16.6. The Morgan fingerprint density at radius 1 is 0.396 bits per heavy atom. The van der Waals surface area contributed by atoms with E-state index in [4.69, 9.17) is 14.2 Å². The lowest BCUT2D eigenvalue weighted by atomic mass is 10.0. The molecule has 0 unspecified atom stereocenters. The van der Waals surface area contributed by atoms with Crippen molar-refractivity contribution < 1.29 is 28.6 Å². The molecule has 0 rings (SSSR count). The van der Waals surface area contributed by atoms with E-state index in [9.17, 15) is 14.4 Å². The van der Waals surface area contributed by atoms with E-state index >= 15 is 0 Å². The van der Waals surface area contributed by atoms with Gasteiger partial charge in [-0.3, -0.25) is 14.4 Å². The van der Waals surface area contributed by atoms with Gasteiger partial charge in [-0.25, -0.2) is 0 Å². The fourth-order valence-corrected chi connectivity index (χ4v) is 6.10. The number of hydrogen-bond acceptors (Lipinski definition) is 6. The Kier molecular flexibility index (Phi) is 35.5. The van der Waals surface area contributed by atoms with Crippen molar-refractivity contribution >= 4 is 17.9 Å². The minimum absolute atomic E-state index is 0.0658. The molecule has 0 N–H and O–H groups in total. The smallest absolute Gasteiger partial charge is 0.306 e. The van der Waals surface area contributed by atoms with E-state index in [2.05, 4.69) is 27.7 Å². The predicted molar refractivity (Wildman–Crippen MR) is 201 cm³/mol. The molecule has 0 aromatic rings. The second-order valence-electron chi connectivity index (χ2n) is 14.7. The summed E-state index contributed by atoms with van der Waals surface area (Å²) in [5, 5.41) is 0. The zero-order chi connectivity index (χ0) is 35.3. The van der Waals surface area contributed by atoms with Gasteiger partial charge in [-0.2, -0.15) is 0 Å². The molecular formula is C42H80O6. The van der Waals surface area contributed by atoms with E-state index in [0.29, 0.717) is 19.3 Å². The second kappa shape index (κ2) is 36.7. The summed E-state index contributed by atoms with van der Waals surface area (Å²) in [4.78, 5) is 37.3. The standard InChI is InChI=1S/C42H80O6/c1-5-7-9-11-12-13-19-22-26-29-33-40(43)46-36-39(48-42(45)35-31-24-10-8-6-2)37-47-41(44)34-30-27-23-20-17-15-14-16-18-21-25-28-32-38(3)4/h38-39H,5-37H2,1-4H3/t39-/m0/s1. The molecule has 0 saturated carbocycles. The average molecular weight is 681 g/mol. The summed E-state index contributed by atoms with van der Waals surface area (Å²) in [7, 11) is 0. The van der Waals surface area contributed by atoms with E-state index in [1.165, 1.54) is 116 Å². The summed E-state index contributed by atoms with van der Waals surface area (Å²) >= 11 is 0. The minimum Gasteiger partial charge on any atom is -0.462 e. The number of carbonyl (C=O) groups excluding carboxylic acids is 3. The van der Waals surface area contributed by atoms with Crippen LogP contribution >= 0.6 is 0 Å². The maximum absolute atomic E-state index is 12.5. The third-order valence-corrected chi connectivity index (χ3v) is 9.29. The first kappa shape index (κ1) is 46.4. The molecule has 0 fully saturated rings. The summed E-state index contributed by atoms with van der Waals surface area (Å²) < 4.78 is 16.5. The molecule has 0 heterocycles. The van der Waals surface area contributed by atoms with Gasteiger partial charge in [0.2, 0.25) is 0 Å². The molecule has 0 amide bonds. The van der Waals surface area contributed by atoms with Crippen LogP contribution in [0.3, 0.4) is 0 Å². The van der Waals surface area contributed by atoms with Crippen LogP contribution in [0.25, 0.3) is 0 Å². The zero-order valence-electron chi connectivity index (χ0n) is 32.4. The van der Waals surface area contributed by atoms with Crippen molar-refractivity contribution in [3.8, 4) is 0 Å². The van der Waals surface area contributed by atoms with Crippen LogP contribution in [-0.2, 0) is 28.6 Å². The minimum atomic E-state index is -0.756. The Balaban J connectivity index is 4.16. The first-order valence-corrected chi connectivity index (χ1v) is 20.9. The molecular weight excluding hydrogens is 600 g/mol. The van der Waals surface area contributed by atoms with E-state index in [1.807, 2.05) is 0 Å². The van der Waals surface area contributed by atoms with Gasteiger partial charge < -0.3 is 14.2 Å². The Morgan fingerprint density at radius 3 is 1.02 bits per heavy atom. The molecule has 0 aliphatic heterocycles. The van der Waals surface area contributed by atoms with Crippen LogP contribution < -0.4 is 0 Å². The summed E-state index contributed by atoms with van der Waals surface area (Å²) in [5.41, 5.74) is 0. The van der Waals surface area contributed by atoms with Crippen molar-refractivity contribution in [2.24, 2.45) is 5.92 Å². The lowest BCUT2D eigenvalue weighted by Crippen LogP contribution is -2.30. The Morgan fingerprint density at radius 2 is 0.688 bits per heavy atom. The van der Waals surface area contributed by atoms with Gasteiger partial charge in [-0.1, -0.05) is 188 Å². The lowest BCUT2D eigenvalue weighted by molar-refractivity contribution is -0.167. The molecule has 0 aromatic carbocycles. The van der Waals surface area contributed by atoms with Gasteiger partial charge in [0, 0.05) is 19.3 Å². The number of carbonyl (C=O) groups is 3. The van der Waals surface area contributed by atoms with Crippen LogP contribution in [0, 0.1) is 5.92 Å². The third-order valence-electron chi connectivity index (χ3n) is 9.29. The maximum Gasteiger partial charge on any atom is 0.306 e. The van der Waals surface area contributed by atoms with Gasteiger partial charge in [-0.15, -0.1) is 0 Å². The van der Waals surface area contributed by atoms with Gasteiger partial charge in [0.15, 0.2) is 6.10 Å². The van der Waals surface area contributed by atoms with Gasteiger partial charge in [0.1, 0.15) is 13.2 Å². The van der Waals surface area contributed by atoms with Gasteiger partial charge >= 0.3 is 17.9 Å². The van der Waals surface area contributed by atoms with E-state index < -0.39 is 6.10 Å². The number of unbranched alkanes of at least 4 members (excludes halogenated alkanes) is 24. The second-order valence-corrected chi connectivity index (χ2v) is 14.7. The molecule has 284 valence electrons. The van der Waals surface area contributed by atoms with Crippen LogP contribution in [0.15, 0.2) is 0 Å². The Hall–Kier alpha value is -1.59. The van der Waals surface area contributed by atoms with E-state index in [0.717, 1.165) is 70.1 Å². The first-order chi connectivity index (χ1) is 23.4.